The maximum Gasteiger partial charge on any atom is 0.335 e. The Bertz CT molecular complexity index is 1200. The van der Waals surface area contributed by atoms with Gasteiger partial charge in [-0.1, -0.05) is 42.5 Å². The molecule has 1 aliphatic heterocycles. The summed E-state index contributed by atoms with van der Waals surface area (Å²) in [5.41, 5.74) is 0. The summed E-state index contributed by atoms with van der Waals surface area (Å²) in [6.45, 7) is 0. The first-order valence-electron chi connectivity index (χ1n) is 9.21. The van der Waals surface area contributed by atoms with E-state index in [0.717, 1.165) is 32.3 Å². The summed E-state index contributed by atoms with van der Waals surface area (Å²) in [4.78, 5) is 11.3. The second-order valence-corrected chi connectivity index (χ2v) is 7.27. The van der Waals surface area contributed by atoms with Crippen molar-refractivity contribution in [3.05, 3.63) is 54.6 Å². The third kappa shape index (κ3) is 2.71. The van der Waals surface area contributed by atoms with Gasteiger partial charge in [0.15, 0.2) is 6.10 Å². The van der Waals surface area contributed by atoms with Gasteiger partial charge in [-0.25, -0.2) is 4.79 Å². The second-order valence-electron chi connectivity index (χ2n) is 7.27. The predicted octanol–water partition coefficient (Wildman–Crippen LogP) is 1.85. The minimum Gasteiger partial charge on any atom is -0.479 e. The van der Waals surface area contributed by atoms with Crippen LogP contribution in [0, 0.1) is 0 Å². The SMILES string of the molecule is O=C(O)C1O[C@@H](Oc2ccc3ccc4cccc5ccc2c3c45)[C@@H](O)C(O)[C@@H]1O. The van der Waals surface area contributed by atoms with Crippen molar-refractivity contribution in [2.75, 3.05) is 0 Å². The van der Waals surface area contributed by atoms with E-state index in [1.165, 1.54) is 0 Å². The van der Waals surface area contributed by atoms with Gasteiger partial charge in [-0.3, -0.25) is 0 Å². The predicted molar refractivity (Wildman–Crippen MR) is 105 cm³/mol. The molecule has 1 saturated heterocycles. The first-order chi connectivity index (χ1) is 14.0. The van der Waals surface area contributed by atoms with E-state index in [4.69, 9.17) is 9.47 Å². The molecule has 2 unspecified atom stereocenters. The van der Waals surface area contributed by atoms with Crippen LogP contribution in [0.1, 0.15) is 0 Å². The van der Waals surface area contributed by atoms with Crippen molar-refractivity contribution in [2.24, 2.45) is 0 Å². The standard InChI is InChI=1S/C22H18O7/c23-17-18(24)20(21(26)27)29-22(19(17)25)28-14-9-7-12-5-4-10-2-1-3-11-6-8-13(14)16(12)15(10)11/h1-9,17-20,22-25H,(H,26,27)/t17?,18-,19-,20?,22+/m0/s1. The molecule has 1 aliphatic rings. The van der Waals surface area contributed by atoms with Gasteiger partial charge in [0.2, 0.25) is 6.29 Å². The third-order valence-corrected chi connectivity index (χ3v) is 5.54. The summed E-state index contributed by atoms with van der Waals surface area (Å²) >= 11 is 0. The Morgan fingerprint density at radius 3 is 2.10 bits per heavy atom. The van der Waals surface area contributed by atoms with Crippen molar-refractivity contribution in [3.8, 4) is 5.75 Å². The van der Waals surface area contributed by atoms with E-state index in [0.29, 0.717) is 5.75 Å². The number of aliphatic carboxylic acids is 1. The second kappa shape index (κ2) is 6.53. The highest BCUT2D eigenvalue weighted by Gasteiger charge is 2.48. The average Bonchev–Trinajstić information content (AvgIpc) is 2.73. The Kier molecular flexibility index (Phi) is 4.07. The van der Waals surface area contributed by atoms with Crippen LogP contribution in [0.25, 0.3) is 32.3 Å². The Labute approximate surface area is 164 Å². The number of aliphatic hydroxyl groups excluding tert-OH is 3. The van der Waals surface area contributed by atoms with Crippen molar-refractivity contribution >= 4 is 38.3 Å². The minimum absolute atomic E-state index is 0.382. The fourth-order valence-corrected chi connectivity index (χ4v) is 4.09. The first-order valence-corrected chi connectivity index (χ1v) is 9.21. The highest BCUT2D eigenvalue weighted by atomic mass is 16.7. The fourth-order valence-electron chi connectivity index (χ4n) is 4.09. The molecule has 5 atom stereocenters. The van der Waals surface area contributed by atoms with Gasteiger partial charge in [-0.15, -0.1) is 0 Å². The molecule has 7 heteroatoms. The zero-order chi connectivity index (χ0) is 20.3. The maximum absolute atomic E-state index is 11.3. The topological polar surface area (TPSA) is 116 Å². The van der Waals surface area contributed by atoms with E-state index in [1.807, 2.05) is 48.5 Å². The van der Waals surface area contributed by atoms with Gasteiger partial charge in [-0.2, -0.15) is 0 Å². The number of ether oxygens (including phenoxy) is 2. The van der Waals surface area contributed by atoms with Gasteiger partial charge in [0.25, 0.3) is 0 Å². The van der Waals surface area contributed by atoms with Crippen LogP contribution in [0.15, 0.2) is 54.6 Å². The van der Waals surface area contributed by atoms with Gasteiger partial charge < -0.3 is 29.9 Å². The number of hydrogen-bond donors (Lipinski definition) is 4. The Balaban J connectivity index is 1.61. The molecule has 4 aromatic carbocycles. The molecule has 1 fully saturated rings. The molecular weight excluding hydrogens is 376 g/mol. The molecule has 0 spiro atoms. The lowest BCUT2D eigenvalue weighted by molar-refractivity contribution is -0.270. The fraction of sp³-hybridized carbons (Fsp3) is 0.227. The molecule has 0 bridgehead atoms. The highest BCUT2D eigenvalue weighted by molar-refractivity contribution is 6.24. The Morgan fingerprint density at radius 1 is 0.793 bits per heavy atom. The van der Waals surface area contributed by atoms with Crippen molar-refractivity contribution < 1.29 is 34.7 Å². The van der Waals surface area contributed by atoms with Crippen LogP contribution in [0.4, 0.5) is 0 Å². The van der Waals surface area contributed by atoms with Crippen LogP contribution in [0.3, 0.4) is 0 Å². The molecule has 148 valence electrons. The Hall–Kier alpha value is -2.97. The molecule has 4 aromatic rings. The number of aliphatic hydroxyl groups is 3. The lowest BCUT2D eigenvalue weighted by Crippen LogP contribution is -2.61. The summed E-state index contributed by atoms with van der Waals surface area (Å²) in [6, 6.07) is 17.6. The third-order valence-electron chi connectivity index (χ3n) is 5.54. The van der Waals surface area contributed by atoms with Gasteiger partial charge in [-0.05, 0) is 33.7 Å². The van der Waals surface area contributed by atoms with E-state index in [1.54, 1.807) is 6.07 Å². The largest absolute Gasteiger partial charge is 0.479 e. The number of carbonyl (C=O) groups is 1. The lowest BCUT2D eigenvalue weighted by Gasteiger charge is -2.38. The zero-order valence-electron chi connectivity index (χ0n) is 15.1. The van der Waals surface area contributed by atoms with Crippen molar-refractivity contribution in [3.63, 3.8) is 0 Å². The van der Waals surface area contributed by atoms with Crippen LogP contribution in [-0.4, -0.2) is 57.1 Å². The number of benzene rings is 4. The Morgan fingerprint density at radius 2 is 1.41 bits per heavy atom. The maximum atomic E-state index is 11.3. The lowest BCUT2D eigenvalue weighted by atomic mass is 9.94. The van der Waals surface area contributed by atoms with E-state index in [-0.39, 0.29) is 0 Å². The summed E-state index contributed by atoms with van der Waals surface area (Å²) in [5, 5.41) is 45.4. The molecule has 0 saturated carbocycles. The average molecular weight is 394 g/mol. The van der Waals surface area contributed by atoms with Gasteiger partial charge in [0.05, 0.1) is 0 Å². The molecule has 1 heterocycles. The summed E-state index contributed by atoms with van der Waals surface area (Å²) < 4.78 is 11.1. The smallest absolute Gasteiger partial charge is 0.335 e. The van der Waals surface area contributed by atoms with Crippen LogP contribution < -0.4 is 4.74 Å². The molecule has 5 rings (SSSR count). The minimum atomic E-state index is -1.76. The van der Waals surface area contributed by atoms with Gasteiger partial charge in [0, 0.05) is 10.8 Å². The molecule has 0 aromatic heterocycles. The van der Waals surface area contributed by atoms with Crippen molar-refractivity contribution in [1.29, 1.82) is 0 Å². The molecule has 0 amide bonds. The van der Waals surface area contributed by atoms with Crippen molar-refractivity contribution in [2.45, 2.75) is 30.7 Å². The molecule has 29 heavy (non-hydrogen) atoms. The molecule has 0 aliphatic carbocycles. The highest BCUT2D eigenvalue weighted by Crippen LogP contribution is 2.39. The molecule has 4 N–H and O–H groups in total. The summed E-state index contributed by atoms with van der Waals surface area (Å²) in [7, 11) is 0. The number of carboxylic acids is 1. The van der Waals surface area contributed by atoms with E-state index >= 15 is 0 Å². The zero-order valence-corrected chi connectivity index (χ0v) is 15.1. The van der Waals surface area contributed by atoms with E-state index in [9.17, 15) is 25.2 Å². The monoisotopic (exact) mass is 394 g/mol. The van der Waals surface area contributed by atoms with Crippen LogP contribution in [0.5, 0.6) is 5.75 Å². The number of rotatable bonds is 3. The summed E-state index contributed by atoms with van der Waals surface area (Å²) in [6.07, 6.45) is -8.25. The number of carboxylic acid groups (broad SMARTS) is 1. The van der Waals surface area contributed by atoms with Gasteiger partial charge >= 0.3 is 5.97 Å². The molecular formula is C22H18O7. The van der Waals surface area contributed by atoms with E-state index in [2.05, 4.69) is 0 Å². The van der Waals surface area contributed by atoms with Crippen LogP contribution >= 0.6 is 0 Å². The van der Waals surface area contributed by atoms with Crippen LogP contribution in [0.2, 0.25) is 0 Å². The number of hydrogen-bond acceptors (Lipinski definition) is 6. The summed E-state index contributed by atoms with van der Waals surface area (Å²) in [5.74, 6) is -1.07. The normalized spacial score (nSPS) is 27.6. The van der Waals surface area contributed by atoms with E-state index < -0.39 is 36.7 Å². The first kappa shape index (κ1) is 18.1. The van der Waals surface area contributed by atoms with Crippen LogP contribution in [-0.2, 0) is 9.53 Å². The quantitative estimate of drug-likeness (QED) is 0.392. The molecule has 0 radical (unpaired) electrons. The molecule has 7 nitrogen and oxygen atoms in total. The van der Waals surface area contributed by atoms with Crippen molar-refractivity contribution in [1.82, 2.24) is 0 Å². The van der Waals surface area contributed by atoms with Gasteiger partial charge in [0.1, 0.15) is 24.1 Å².